The van der Waals surface area contributed by atoms with Crippen molar-refractivity contribution in [2.45, 2.75) is 32.0 Å². The molecule has 23 heavy (non-hydrogen) atoms. The maximum atomic E-state index is 5.86. The van der Waals surface area contributed by atoms with Crippen molar-refractivity contribution in [1.82, 2.24) is 15.2 Å². The zero-order valence-corrected chi connectivity index (χ0v) is 14.9. The zero-order chi connectivity index (χ0) is 16.1. The van der Waals surface area contributed by atoms with Crippen LogP contribution in [-0.4, -0.2) is 36.1 Å². The van der Waals surface area contributed by atoms with Gasteiger partial charge in [0.1, 0.15) is 17.4 Å². The molecule has 6 heteroatoms. The van der Waals surface area contributed by atoms with Gasteiger partial charge in [0.05, 0.1) is 5.69 Å². The number of aromatic nitrogens is 1. The predicted molar refractivity (Wildman–Crippen MR) is 95.3 cm³/mol. The number of halogens is 1. The molecule has 4 nitrogen and oxygen atoms in total. The van der Waals surface area contributed by atoms with Crippen LogP contribution >= 0.6 is 22.9 Å². The highest BCUT2D eigenvalue weighted by atomic mass is 35.5. The van der Waals surface area contributed by atoms with E-state index in [1.54, 1.807) is 11.3 Å². The Morgan fingerprint density at radius 2 is 2.04 bits per heavy atom. The molecule has 1 aromatic carbocycles. The van der Waals surface area contributed by atoms with Crippen LogP contribution in [0.25, 0.3) is 0 Å². The summed E-state index contributed by atoms with van der Waals surface area (Å²) in [4.78, 5) is 7.02. The Balaban J connectivity index is 1.43. The number of hydrogen-bond acceptors (Lipinski definition) is 5. The molecule has 2 aromatic rings. The highest BCUT2D eigenvalue weighted by Crippen LogP contribution is 2.18. The topological polar surface area (TPSA) is 37.4 Å². The number of rotatable bonds is 6. The summed E-state index contributed by atoms with van der Waals surface area (Å²) in [7, 11) is 2.18. The van der Waals surface area contributed by atoms with Gasteiger partial charge in [0.15, 0.2) is 0 Å². The van der Waals surface area contributed by atoms with Crippen molar-refractivity contribution in [3.05, 3.63) is 45.4 Å². The minimum Gasteiger partial charge on any atom is -0.486 e. The van der Waals surface area contributed by atoms with E-state index < -0.39 is 0 Å². The fourth-order valence-electron chi connectivity index (χ4n) is 2.63. The molecule has 0 aliphatic carbocycles. The third-order valence-corrected chi connectivity index (χ3v) is 5.19. The van der Waals surface area contributed by atoms with Gasteiger partial charge in [-0.2, -0.15) is 0 Å². The molecule has 0 unspecified atom stereocenters. The lowest BCUT2D eigenvalue weighted by molar-refractivity contribution is 0.233. The maximum absolute atomic E-state index is 5.86. The van der Waals surface area contributed by atoms with Crippen LogP contribution in [0, 0.1) is 0 Å². The molecule has 0 amide bonds. The van der Waals surface area contributed by atoms with Gasteiger partial charge < -0.3 is 15.0 Å². The number of nitrogens with zero attached hydrogens (tertiary/aromatic N) is 2. The van der Waals surface area contributed by atoms with Gasteiger partial charge in [-0.25, -0.2) is 4.98 Å². The molecule has 3 rings (SSSR count). The number of piperidine rings is 1. The number of nitrogens with one attached hydrogen (secondary N) is 1. The second kappa shape index (κ2) is 8.11. The summed E-state index contributed by atoms with van der Waals surface area (Å²) in [5.74, 6) is 0.815. The van der Waals surface area contributed by atoms with E-state index in [0.29, 0.717) is 17.7 Å². The van der Waals surface area contributed by atoms with E-state index in [9.17, 15) is 0 Å². The molecule has 1 aliphatic rings. The Labute approximate surface area is 146 Å². The van der Waals surface area contributed by atoms with Crippen LogP contribution in [0.3, 0.4) is 0 Å². The van der Waals surface area contributed by atoms with Crippen molar-refractivity contribution in [3.8, 4) is 5.75 Å². The molecule has 1 aromatic heterocycles. The van der Waals surface area contributed by atoms with Gasteiger partial charge in [0, 0.05) is 23.0 Å². The first kappa shape index (κ1) is 16.7. The first-order valence-electron chi connectivity index (χ1n) is 7.92. The Bertz CT molecular complexity index is 609. The van der Waals surface area contributed by atoms with E-state index >= 15 is 0 Å². The van der Waals surface area contributed by atoms with Gasteiger partial charge in [0.25, 0.3) is 0 Å². The summed E-state index contributed by atoms with van der Waals surface area (Å²) in [6.45, 7) is 3.69. The van der Waals surface area contributed by atoms with Gasteiger partial charge in [-0.3, -0.25) is 0 Å². The van der Waals surface area contributed by atoms with Gasteiger partial charge >= 0.3 is 0 Å². The van der Waals surface area contributed by atoms with Crippen LogP contribution in [-0.2, 0) is 13.2 Å². The summed E-state index contributed by atoms with van der Waals surface area (Å²) in [5.41, 5.74) is 1.10. The van der Waals surface area contributed by atoms with Gasteiger partial charge in [-0.1, -0.05) is 11.6 Å². The SMILES string of the molecule is CN1CCC(NCc2csc(COc3ccc(Cl)cc3)n2)CC1. The van der Waals surface area contributed by atoms with Crippen molar-refractivity contribution in [2.24, 2.45) is 0 Å². The Hall–Kier alpha value is -1.14. The first-order chi connectivity index (χ1) is 11.2. The number of thiazole rings is 1. The average Bonchev–Trinajstić information content (AvgIpc) is 3.02. The summed E-state index contributed by atoms with van der Waals surface area (Å²) >= 11 is 7.51. The monoisotopic (exact) mass is 351 g/mol. The molecule has 0 atom stereocenters. The Kier molecular flexibility index (Phi) is 5.89. The molecule has 124 valence electrons. The fraction of sp³-hybridized carbons (Fsp3) is 0.471. The lowest BCUT2D eigenvalue weighted by Gasteiger charge is -2.29. The zero-order valence-electron chi connectivity index (χ0n) is 13.3. The van der Waals surface area contributed by atoms with E-state index in [4.69, 9.17) is 16.3 Å². The van der Waals surface area contributed by atoms with Crippen molar-refractivity contribution in [3.63, 3.8) is 0 Å². The standard InChI is InChI=1S/C17H22ClN3OS/c1-21-8-6-14(7-9-21)19-10-15-12-23-17(20-15)11-22-16-4-2-13(18)3-5-16/h2-5,12,14,19H,6-11H2,1H3. The first-order valence-corrected chi connectivity index (χ1v) is 9.18. The molecule has 1 fully saturated rings. The number of hydrogen-bond donors (Lipinski definition) is 1. The number of benzene rings is 1. The van der Waals surface area contributed by atoms with Gasteiger partial charge in [0.2, 0.25) is 0 Å². The van der Waals surface area contributed by atoms with E-state index in [1.807, 2.05) is 24.3 Å². The summed E-state index contributed by atoms with van der Waals surface area (Å²) in [6.07, 6.45) is 2.43. The number of likely N-dealkylation sites (tertiary alicyclic amines) is 1. The fourth-order valence-corrected chi connectivity index (χ4v) is 3.46. The highest BCUT2D eigenvalue weighted by Gasteiger charge is 2.16. The van der Waals surface area contributed by atoms with Crippen LogP contribution in [0.1, 0.15) is 23.5 Å². The Morgan fingerprint density at radius 1 is 1.30 bits per heavy atom. The predicted octanol–water partition coefficient (Wildman–Crippen LogP) is 3.56. The van der Waals surface area contributed by atoms with Crippen molar-refractivity contribution in [1.29, 1.82) is 0 Å². The normalized spacial score (nSPS) is 16.6. The van der Waals surface area contributed by atoms with Gasteiger partial charge in [-0.05, 0) is 57.2 Å². The van der Waals surface area contributed by atoms with Crippen molar-refractivity contribution >= 4 is 22.9 Å². The lowest BCUT2D eigenvalue weighted by atomic mass is 10.1. The molecular weight excluding hydrogens is 330 g/mol. The lowest BCUT2D eigenvalue weighted by Crippen LogP contribution is -2.40. The second-order valence-electron chi connectivity index (χ2n) is 5.93. The number of ether oxygens (including phenoxy) is 1. The average molecular weight is 352 g/mol. The molecule has 0 saturated carbocycles. The Morgan fingerprint density at radius 3 is 2.78 bits per heavy atom. The van der Waals surface area contributed by atoms with Crippen molar-refractivity contribution in [2.75, 3.05) is 20.1 Å². The quantitative estimate of drug-likeness (QED) is 0.863. The largest absolute Gasteiger partial charge is 0.486 e. The van der Waals surface area contributed by atoms with Crippen LogP contribution in [0.5, 0.6) is 5.75 Å². The van der Waals surface area contributed by atoms with Crippen LogP contribution in [0.4, 0.5) is 0 Å². The van der Waals surface area contributed by atoms with E-state index in [2.05, 4.69) is 27.6 Å². The smallest absolute Gasteiger partial charge is 0.140 e. The van der Waals surface area contributed by atoms with Gasteiger partial charge in [-0.15, -0.1) is 11.3 Å². The molecule has 1 N–H and O–H groups in total. The molecular formula is C17H22ClN3OS. The van der Waals surface area contributed by atoms with Crippen LogP contribution in [0.15, 0.2) is 29.6 Å². The molecule has 0 bridgehead atoms. The molecule has 1 saturated heterocycles. The van der Waals surface area contributed by atoms with Crippen molar-refractivity contribution < 1.29 is 4.74 Å². The third-order valence-electron chi connectivity index (χ3n) is 4.07. The minimum atomic E-state index is 0.501. The highest BCUT2D eigenvalue weighted by molar-refractivity contribution is 7.09. The molecule has 0 radical (unpaired) electrons. The van der Waals surface area contributed by atoms with E-state index in [1.165, 1.54) is 25.9 Å². The van der Waals surface area contributed by atoms with Crippen LogP contribution < -0.4 is 10.1 Å². The molecule has 1 aliphatic heterocycles. The molecule has 2 heterocycles. The summed E-state index contributed by atoms with van der Waals surface area (Å²) in [5, 5.41) is 7.44. The van der Waals surface area contributed by atoms with E-state index in [-0.39, 0.29) is 0 Å². The second-order valence-corrected chi connectivity index (χ2v) is 7.31. The van der Waals surface area contributed by atoms with E-state index in [0.717, 1.165) is 23.0 Å². The summed E-state index contributed by atoms with van der Waals surface area (Å²) in [6, 6.07) is 8.02. The third kappa shape index (κ3) is 5.18. The summed E-state index contributed by atoms with van der Waals surface area (Å²) < 4.78 is 5.73. The van der Waals surface area contributed by atoms with Crippen LogP contribution in [0.2, 0.25) is 5.02 Å². The minimum absolute atomic E-state index is 0.501. The molecule has 0 spiro atoms. The maximum Gasteiger partial charge on any atom is 0.140 e.